The summed E-state index contributed by atoms with van der Waals surface area (Å²) < 4.78 is 16.1. The summed E-state index contributed by atoms with van der Waals surface area (Å²) in [4.78, 5) is 20.8. The maximum Gasteiger partial charge on any atom is 0.184 e. The average molecular weight is 507 g/mol. The molecule has 5 rings (SSSR count). The lowest BCUT2D eigenvalue weighted by atomic mass is 10.0. The number of aromatic amines is 2. The Morgan fingerprint density at radius 1 is 1.13 bits per heavy atom. The van der Waals surface area contributed by atoms with Gasteiger partial charge in [-0.2, -0.15) is 5.10 Å². The first-order valence-electron chi connectivity index (χ1n) is 12.3. The number of allylic oxidation sites excluding steroid dienone is 5. The van der Waals surface area contributed by atoms with Gasteiger partial charge >= 0.3 is 0 Å². The third-order valence-corrected chi connectivity index (χ3v) is 6.17. The van der Waals surface area contributed by atoms with Gasteiger partial charge in [-0.3, -0.25) is 10.1 Å². The van der Waals surface area contributed by atoms with Gasteiger partial charge in [0, 0.05) is 47.3 Å². The Labute approximate surface area is 219 Å². The predicted molar refractivity (Wildman–Crippen MR) is 149 cm³/mol. The van der Waals surface area contributed by atoms with Crippen LogP contribution in [-0.2, 0) is 0 Å². The number of hydrogen-bond acceptors (Lipinski definition) is 6. The van der Waals surface area contributed by atoms with E-state index in [9.17, 15) is 0 Å². The summed E-state index contributed by atoms with van der Waals surface area (Å²) in [6, 6.07) is 5.72. The Morgan fingerprint density at radius 2 is 1.95 bits per heavy atom. The smallest absolute Gasteiger partial charge is 0.184 e. The first-order chi connectivity index (χ1) is 18.5. The van der Waals surface area contributed by atoms with Crippen LogP contribution in [0.15, 0.2) is 85.8 Å². The minimum absolute atomic E-state index is 0.239. The van der Waals surface area contributed by atoms with E-state index in [-0.39, 0.29) is 11.0 Å². The molecule has 3 N–H and O–H groups in total. The largest absolute Gasteiger partial charge is 0.359 e. The first kappa shape index (κ1) is 24.8. The van der Waals surface area contributed by atoms with Gasteiger partial charge in [0.05, 0.1) is 10.9 Å². The van der Waals surface area contributed by atoms with Crippen molar-refractivity contribution < 1.29 is 4.39 Å². The highest BCUT2D eigenvalue weighted by molar-refractivity contribution is 5.96. The molecular formula is C29H27FN8. The van der Waals surface area contributed by atoms with Crippen LogP contribution < -0.4 is 5.32 Å². The molecule has 0 spiro atoms. The van der Waals surface area contributed by atoms with E-state index in [0.717, 1.165) is 40.9 Å². The molecule has 0 amide bonds. The summed E-state index contributed by atoms with van der Waals surface area (Å²) in [6.07, 6.45) is 13.7. The maximum atomic E-state index is 16.1. The summed E-state index contributed by atoms with van der Waals surface area (Å²) in [6.45, 7) is 11.8. The van der Waals surface area contributed by atoms with Crippen molar-refractivity contribution in [3.8, 4) is 22.6 Å². The molecule has 0 aliphatic heterocycles. The zero-order chi connectivity index (χ0) is 26.6. The van der Waals surface area contributed by atoms with Gasteiger partial charge in [-0.15, -0.1) is 0 Å². The summed E-state index contributed by atoms with van der Waals surface area (Å²) in [7, 11) is 0. The van der Waals surface area contributed by atoms with Gasteiger partial charge in [0.25, 0.3) is 0 Å². The molecular weight excluding hydrogens is 479 g/mol. The second kappa shape index (κ2) is 10.6. The van der Waals surface area contributed by atoms with E-state index >= 15 is 4.39 Å². The summed E-state index contributed by atoms with van der Waals surface area (Å²) in [5, 5.41) is 10.6. The van der Waals surface area contributed by atoms with Crippen molar-refractivity contribution in [1.29, 1.82) is 0 Å². The highest BCUT2D eigenvalue weighted by Crippen LogP contribution is 2.33. The number of hydrogen-bond donors (Lipinski definition) is 3. The van der Waals surface area contributed by atoms with E-state index in [4.69, 9.17) is 0 Å². The van der Waals surface area contributed by atoms with Gasteiger partial charge in [0.15, 0.2) is 17.1 Å². The number of fused-ring (bicyclic) bond motifs is 2. The van der Waals surface area contributed by atoms with Crippen molar-refractivity contribution in [3.05, 3.63) is 97.1 Å². The molecule has 190 valence electrons. The van der Waals surface area contributed by atoms with Gasteiger partial charge in [-0.05, 0) is 54.8 Å². The van der Waals surface area contributed by atoms with Crippen molar-refractivity contribution in [1.82, 2.24) is 40.4 Å². The standard InChI is InChI=1S/C29H27FN8/c1-5-8-17(4)34-20(7-3)15-18(6-2)22-16-33-27-23(24(22)30)26(37-38-27)29-35-25-21(11-14-32-28(25)36-29)19-9-12-31-13-10-19/h6-7,9-16,34H,3-5,8H2,1-2H3,(H,32,35,36)(H,33,37,38)/b18-6+,20-15+. The Bertz CT molecular complexity index is 1710. The molecule has 8 nitrogen and oxygen atoms in total. The molecule has 0 aliphatic carbocycles. The third-order valence-electron chi connectivity index (χ3n) is 6.17. The lowest BCUT2D eigenvalue weighted by Gasteiger charge is -2.11. The Kier molecular flexibility index (Phi) is 6.90. The van der Waals surface area contributed by atoms with Crippen molar-refractivity contribution >= 4 is 27.8 Å². The van der Waals surface area contributed by atoms with Crippen molar-refractivity contribution in [2.24, 2.45) is 0 Å². The van der Waals surface area contributed by atoms with Crippen molar-refractivity contribution in [2.75, 3.05) is 0 Å². The second-order valence-electron chi connectivity index (χ2n) is 8.69. The molecule has 0 aliphatic rings. The van der Waals surface area contributed by atoms with E-state index < -0.39 is 5.82 Å². The zero-order valence-electron chi connectivity index (χ0n) is 21.2. The van der Waals surface area contributed by atoms with Gasteiger partial charge in [0.1, 0.15) is 11.5 Å². The fourth-order valence-electron chi connectivity index (χ4n) is 4.32. The monoisotopic (exact) mass is 506 g/mol. The summed E-state index contributed by atoms with van der Waals surface area (Å²) in [5.74, 6) is -0.0436. The maximum absolute atomic E-state index is 16.1. The van der Waals surface area contributed by atoms with Crippen LogP contribution >= 0.6 is 0 Å². The van der Waals surface area contributed by atoms with E-state index in [1.54, 1.807) is 24.7 Å². The number of nitrogens with zero attached hydrogens (tertiary/aromatic N) is 5. The molecule has 38 heavy (non-hydrogen) atoms. The van der Waals surface area contributed by atoms with Crippen LogP contribution in [0.4, 0.5) is 4.39 Å². The van der Waals surface area contributed by atoms with Crippen LogP contribution in [0.2, 0.25) is 0 Å². The van der Waals surface area contributed by atoms with Crippen LogP contribution in [0.5, 0.6) is 0 Å². The average Bonchev–Trinajstić information content (AvgIpc) is 3.57. The molecule has 0 atom stereocenters. The SMILES string of the molecule is C=C/C(=C\C(=C/C)c1cnc2n[nH]c(-c3nc4nccc(-c5ccncc5)c4[nH]3)c2c1F)NC(=C)CCC. The van der Waals surface area contributed by atoms with E-state index in [1.165, 1.54) is 6.20 Å². The van der Waals surface area contributed by atoms with Crippen LogP contribution in [0.3, 0.4) is 0 Å². The second-order valence-corrected chi connectivity index (χ2v) is 8.69. The Hall–Kier alpha value is -4.92. The fourth-order valence-corrected chi connectivity index (χ4v) is 4.32. The molecule has 0 aromatic carbocycles. The number of rotatable bonds is 9. The molecule has 0 fully saturated rings. The predicted octanol–water partition coefficient (Wildman–Crippen LogP) is 6.47. The van der Waals surface area contributed by atoms with Crippen LogP contribution in [-0.4, -0.2) is 35.1 Å². The van der Waals surface area contributed by atoms with E-state index in [0.29, 0.717) is 28.3 Å². The molecule has 9 heteroatoms. The molecule has 0 saturated carbocycles. The minimum atomic E-state index is -0.457. The van der Waals surface area contributed by atoms with Gasteiger partial charge in [0.2, 0.25) is 0 Å². The lowest BCUT2D eigenvalue weighted by molar-refractivity contribution is 0.635. The Morgan fingerprint density at radius 3 is 2.68 bits per heavy atom. The summed E-state index contributed by atoms with van der Waals surface area (Å²) in [5.41, 5.74) is 6.31. The Balaban J connectivity index is 1.59. The normalized spacial score (nSPS) is 12.3. The zero-order valence-corrected chi connectivity index (χ0v) is 21.2. The third kappa shape index (κ3) is 4.61. The van der Waals surface area contributed by atoms with E-state index in [1.807, 2.05) is 37.3 Å². The molecule has 0 bridgehead atoms. The summed E-state index contributed by atoms with van der Waals surface area (Å²) >= 11 is 0. The van der Waals surface area contributed by atoms with Crippen molar-refractivity contribution in [3.63, 3.8) is 0 Å². The minimum Gasteiger partial charge on any atom is -0.359 e. The number of halogens is 1. The van der Waals surface area contributed by atoms with Crippen molar-refractivity contribution in [2.45, 2.75) is 26.7 Å². The number of H-pyrrole nitrogens is 2. The quantitative estimate of drug-likeness (QED) is 0.198. The number of pyridine rings is 3. The van der Waals surface area contributed by atoms with E-state index in [2.05, 4.69) is 60.5 Å². The molecule has 5 aromatic heterocycles. The van der Waals surface area contributed by atoms with Gasteiger partial charge in [-0.25, -0.2) is 19.3 Å². The number of nitrogens with one attached hydrogen (secondary N) is 3. The highest BCUT2D eigenvalue weighted by Gasteiger charge is 2.21. The highest BCUT2D eigenvalue weighted by atomic mass is 19.1. The number of aromatic nitrogens is 7. The van der Waals surface area contributed by atoms with Gasteiger partial charge < -0.3 is 10.3 Å². The topological polar surface area (TPSA) is 108 Å². The molecule has 0 unspecified atom stereocenters. The molecule has 0 saturated heterocycles. The van der Waals surface area contributed by atoms with Gasteiger partial charge in [-0.1, -0.05) is 32.6 Å². The van der Waals surface area contributed by atoms with Crippen LogP contribution in [0, 0.1) is 5.82 Å². The molecule has 5 heterocycles. The van der Waals surface area contributed by atoms with Crippen LogP contribution in [0.1, 0.15) is 32.3 Å². The molecule has 5 aromatic rings. The first-order valence-corrected chi connectivity index (χ1v) is 12.3. The molecule has 0 radical (unpaired) electrons. The van der Waals surface area contributed by atoms with Crippen LogP contribution in [0.25, 0.3) is 50.4 Å². The number of imidazole rings is 1. The fraction of sp³-hybridized carbons (Fsp3) is 0.138. The lowest BCUT2D eigenvalue weighted by Crippen LogP contribution is -2.10.